The van der Waals surface area contributed by atoms with Crippen LogP contribution in [-0.4, -0.2) is 0 Å². The van der Waals surface area contributed by atoms with Crippen LogP contribution in [0.2, 0.25) is 0 Å². The van der Waals surface area contributed by atoms with E-state index in [1.165, 1.54) is 11.1 Å². The Labute approximate surface area is 409 Å². The molecule has 0 amide bonds. The Kier molecular flexibility index (Phi) is 17.8. The minimum atomic E-state index is -2.01. The summed E-state index contributed by atoms with van der Waals surface area (Å²) in [4.78, 5) is 1.82. The first-order valence-corrected chi connectivity index (χ1v) is 26.9. The van der Waals surface area contributed by atoms with Crippen molar-refractivity contribution in [1.82, 2.24) is 0 Å². The van der Waals surface area contributed by atoms with E-state index in [0.29, 0.717) is 11.5 Å². The largest absolute Gasteiger partial charge is 0.530 e. The van der Waals surface area contributed by atoms with Crippen molar-refractivity contribution in [2.24, 2.45) is 0 Å². The van der Waals surface area contributed by atoms with Crippen LogP contribution in [0, 0.1) is 0 Å². The molecule has 6 aromatic carbocycles. The average molecular weight is 959 g/mol. The molecule has 0 heterocycles. The Bertz CT molecular complexity index is 2270. The first-order chi connectivity index (χ1) is 31.9. The third kappa shape index (κ3) is 13.3. The van der Waals surface area contributed by atoms with Crippen LogP contribution in [0.25, 0.3) is 0 Å². The highest BCUT2D eigenvalue weighted by atomic mass is 32.2. The lowest BCUT2D eigenvalue weighted by molar-refractivity contribution is 0.379. The topological polar surface area (TPSA) is 55.4 Å². The Hall–Kier alpha value is -4.67. The minimum absolute atomic E-state index is 0.104. The summed E-state index contributed by atoms with van der Waals surface area (Å²) in [6.45, 7) is 31.0. The van der Waals surface area contributed by atoms with Gasteiger partial charge in [-0.1, -0.05) is 194 Å². The third-order valence-electron chi connectivity index (χ3n) is 12.6. The van der Waals surface area contributed by atoms with Crippen LogP contribution in [0.1, 0.15) is 167 Å². The Morgan fingerprint density at radius 2 is 0.627 bits per heavy atom. The molecule has 0 aliphatic heterocycles. The number of hydrogen-bond acceptors (Lipinski definition) is 7. The molecule has 0 bridgehead atoms. The van der Waals surface area contributed by atoms with Gasteiger partial charge in [0.15, 0.2) is 0 Å². The second-order valence-corrected chi connectivity index (χ2v) is 22.7. The zero-order chi connectivity index (χ0) is 48.5. The van der Waals surface area contributed by atoms with Crippen molar-refractivity contribution in [2.45, 2.75) is 154 Å². The lowest BCUT2D eigenvalue weighted by Gasteiger charge is -2.27. The molecule has 6 nitrogen and oxygen atoms in total. The molecular weight excluding hydrogens is 887 g/mol. The summed E-state index contributed by atoms with van der Waals surface area (Å²) in [5, 5.41) is 0. The molecule has 0 saturated carbocycles. The monoisotopic (exact) mass is 958 g/mol. The van der Waals surface area contributed by atoms with Crippen molar-refractivity contribution in [2.75, 3.05) is 0 Å². The molecule has 9 heteroatoms. The maximum Gasteiger partial charge on any atom is 0.530 e. The van der Waals surface area contributed by atoms with Gasteiger partial charge < -0.3 is 27.1 Å². The number of hydrogen-bond donors (Lipinski definition) is 0. The minimum Gasteiger partial charge on any atom is -0.408 e. The Balaban J connectivity index is 1.49. The van der Waals surface area contributed by atoms with Gasteiger partial charge in [0, 0.05) is 0 Å². The van der Waals surface area contributed by atoms with E-state index in [1.54, 1.807) is 11.8 Å². The fraction of sp³-hybridized carbons (Fsp3) is 0.379. The van der Waals surface area contributed by atoms with Gasteiger partial charge in [0.2, 0.25) is 0 Å². The van der Waals surface area contributed by atoms with Crippen LogP contribution in [0.15, 0.2) is 143 Å². The maximum absolute atomic E-state index is 7.08. The van der Waals surface area contributed by atoms with E-state index in [9.17, 15) is 0 Å². The first-order valence-electron chi connectivity index (χ1n) is 23.9. The normalized spacial score (nSPS) is 12.1. The smallest absolute Gasteiger partial charge is 0.408 e. The number of benzene rings is 6. The summed E-state index contributed by atoms with van der Waals surface area (Å²) in [6.07, 6.45) is 1.91. The first kappa shape index (κ1) is 51.7. The summed E-state index contributed by atoms with van der Waals surface area (Å²) in [5.41, 5.74) is 6.52. The van der Waals surface area contributed by atoms with Gasteiger partial charge in [0.05, 0.1) is 9.79 Å². The molecule has 0 atom stereocenters. The molecule has 67 heavy (non-hydrogen) atoms. The second-order valence-electron chi connectivity index (χ2n) is 19.7. The van der Waals surface area contributed by atoms with E-state index >= 15 is 0 Å². The summed E-state index contributed by atoms with van der Waals surface area (Å²) < 4.78 is 41.6. The molecule has 0 saturated heterocycles. The summed E-state index contributed by atoms with van der Waals surface area (Å²) >= 11 is 1.61. The molecule has 356 valence electrons. The van der Waals surface area contributed by atoms with Crippen molar-refractivity contribution in [3.63, 3.8) is 0 Å². The van der Waals surface area contributed by atoms with E-state index in [4.69, 9.17) is 27.1 Å². The summed E-state index contributed by atoms with van der Waals surface area (Å²) in [5.74, 6) is 5.15. The molecule has 0 radical (unpaired) electrons. The molecule has 6 aromatic rings. The van der Waals surface area contributed by atoms with Crippen molar-refractivity contribution in [3.8, 4) is 34.5 Å². The molecule has 0 unspecified atom stereocenters. The van der Waals surface area contributed by atoms with Crippen molar-refractivity contribution in [3.05, 3.63) is 167 Å². The second kappa shape index (κ2) is 23.1. The van der Waals surface area contributed by atoms with Gasteiger partial charge in [-0.05, 0) is 129 Å². The Morgan fingerprint density at radius 1 is 0.373 bits per heavy atom. The van der Waals surface area contributed by atoms with Gasteiger partial charge in [0.25, 0.3) is 0 Å². The summed E-state index contributed by atoms with van der Waals surface area (Å²) in [7, 11) is -4.02. The van der Waals surface area contributed by atoms with Crippen LogP contribution in [0.4, 0.5) is 0 Å². The molecule has 0 fully saturated rings. The number of rotatable bonds is 22. The molecule has 0 aliphatic rings. The van der Waals surface area contributed by atoms with Crippen LogP contribution >= 0.6 is 29.0 Å². The zero-order valence-electron chi connectivity index (χ0n) is 42.2. The van der Waals surface area contributed by atoms with E-state index in [2.05, 4.69) is 158 Å². The SMILES string of the molecule is CCC(C)(C)c1ccc(OP(Oc2ccccc2C(C)C)Oc2ccccc2C(C)C)c(Sc2cc(C(C)(C)CC)ccc2OP(Oc2ccccc2C(C)C)Oc2ccccc2C(C)C)c1. The lowest BCUT2D eigenvalue weighted by atomic mass is 9.82. The average Bonchev–Trinajstić information content (AvgIpc) is 3.30. The van der Waals surface area contributed by atoms with Gasteiger partial charge in [-0.25, -0.2) is 0 Å². The summed E-state index contributed by atoms with van der Waals surface area (Å²) in [6, 6.07) is 45.6. The van der Waals surface area contributed by atoms with E-state index in [-0.39, 0.29) is 34.5 Å². The molecular formula is C58H72O6P2S. The van der Waals surface area contributed by atoms with Gasteiger partial charge in [-0.15, -0.1) is 0 Å². The van der Waals surface area contributed by atoms with Crippen LogP contribution in [-0.2, 0) is 10.8 Å². The lowest BCUT2D eigenvalue weighted by Crippen LogP contribution is -2.16. The van der Waals surface area contributed by atoms with Crippen molar-refractivity contribution >= 4 is 29.0 Å². The predicted molar refractivity (Wildman–Crippen MR) is 283 cm³/mol. The van der Waals surface area contributed by atoms with Gasteiger partial charge in [-0.2, -0.15) is 0 Å². The highest BCUT2D eigenvalue weighted by Crippen LogP contribution is 2.53. The molecule has 0 aliphatic carbocycles. The van der Waals surface area contributed by atoms with Crippen LogP contribution in [0.3, 0.4) is 0 Å². The standard InChI is InChI=1S/C58H72O6P2S/c1-15-57(11,12)43-33-35-53(63-65(59-49-29-21-17-25-45(49)39(3)4)60-50-30-22-18-26-46(50)40(5)6)55(37-43)67-56-38-44(58(13,14)16-2)34-36-54(56)64-66(61-51-31-23-19-27-47(51)41(7)8)62-52-32-24-20-28-48(52)42(9)10/h17-42H,15-16H2,1-14H3. The predicted octanol–water partition coefficient (Wildman–Crippen LogP) is 19.2. The highest BCUT2D eigenvalue weighted by molar-refractivity contribution is 7.99. The van der Waals surface area contributed by atoms with Gasteiger partial charge >= 0.3 is 17.2 Å². The Morgan fingerprint density at radius 3 is 0.881 bits per heavy atom. The van der Waals surface area contributed by atoms with E-state index in [0.717, 1.165) is 67.9 Å². The van der Waals surface area contributed by atoms with E-state index in [1.807, 2.05) is 72.8 Å². The zero-order valence-corrected chi connectivity index (χ0v) is 44.8. The van der Waals surface area contributed by atoms with Gasteiger partial charge in [0.1, 0.15) is 34.5 Å². The molecule has 0 spiro atoms. The van der Waals surface area contributed by atoms with Crippen molar-refractivity contribution in [1.29, 1.82) is 0 Å². The fourth-order valence-corrected chi connectivity index (χ4v) is 10.8. The number of para-hydroxylation sites is 4. The third-order valence-corrected chi connectivity index (χ3v) is 15.8. The van der Waals surface area contributed by atoms with Crippen LogP contribution < -0.4 is 27.1 Å². The quantitative estimate of drug-likeness (QED) is 0.0628. The maximum atomic E-state index is 7.08. The van der Waals surface area contributed by atoms with Gasteiger partial charge in [-0.3, -0.25) is 0 Å². The van der Waals surface area contributed by atoms with Crippen LogP contribution in [0.5, 0.6) is 34.5 Å². The fourth-order valence-electron chi connectivity index (χ4n) is 7.45. The molecule has 0 aromatic heterocycles. The van der Waals surface area contributed by atoms with Crippen molar-refractivity contribution < 1.29 is 27.1 Å². The van der Waals surface area contributed by atoms with E-state index < -0.39 is 17.2 Å². The highest BCUT2D eigenvalue weighted by Gasteiger charge is 2.30. The molecule has 6 rings (SSSR count). The molecule has 0 N–H and O–H groups in total.